The number of rotatable bonds is 4. The third-order valence-electron chi connectivity index (χ3n) is 4.86. The first-order chi connectivity index (χ1) is 14.3. The summed E-state index contributed by atoms with van der Waals surface area (Å²) < 4.78 is 5.94. The van der Waals surface area contributed by atoms with Crippen molar-refractivity contribution in [2.75, 3.05) is 31.1 Å². The van der Waals surface area contributed by atoms with Gasteiger partial charge in [0.25, 0.3) is 5.91 Å². The van der Waals surface area contributed by atoms with Gasteiger partial charge in [-0.2, -0.15) is 5.26 Å². The fraction of sp³-hybridized carbons (Fsp3) is 0.174. The van der Waals surface area contributed by atoms with Crippen LogP contribution in [0.2, 0.25) is 0 Å². The largest absolute Gasteiger partial charge is 0.457 e. The van der Waals surface area contributed by atoms with Gasteiger partial charge in [-0.3, -0.25) is 4.79 Å². The molecule has 2 aromatic carbocycles. The van der Waals surface area contributed by atoms with Gasteiger partial charge in [-0.1, -0.05) is 30.3 Å². The molecule has 2 heterocycles. The van der Waals surface area contributed by atoms with E-state index >= 15 is 0 Å². The van der Waals surface area contributed by atoms with Gasteiger partial charge in [0.1, 0.15) is 23.4 Å². The van der Waals surface area contributed by atoms with E-state index in [4.69, 9.17) is 4.74 Å². The molecule has 0 aliphatic carbocycles. The SMILES string of the molecule is N#Cc1cccnc1N1CCN(C(=O)c2ccccc2Oc2ccccc2)CC1. The number of para-hydroxylation sites is 2. The zero-order valence-electron chi connectivity index (χ0n) is 15.9. The summed E-state index contributed by atoms with van der Waals surface area (Å²) in [6.07, 6.45) is 1.69. The average molecular weight is 384 g/mol. The van der Waals surface area contributed by atoms with Crippen LogP contribution in [0, 0.1) is 11.3 Å². The molecule has 0 bridgehead atoms. The van der Waals surface area contributed by atoms with E-state index in [1.165, 1.54) is 0 Å². The lowest BCUT2D eigenvalue weighted by molar-refractivity contribution is 0.0744. The molecule has 6 nitrogen and oxygen atoms in total. The smallest absolute Gasteiger partial charge is 0.257 e. The van der Waals surface area contributed by atoms with E-state index in [0.29, 0.717) is 54.6 Å². The van der Waals surface area contributed by atoms with Crippen LogP contribution in [-0.2, 0) is 0 Å². The van der Waals surface area contributed by atoms with Gasteiger partial charge in [0, 0.05) is 32.4 Å². The Labute approximate surface area is 169 Å². The van der Waals surface area contributed by atoms with E-state index in [2.05, 4.69) is 16.0 Å². The van der Waals surface area contributed by atoms with Gasteiger partial charge in [0.15, 0.2) is 0 Å². The minimum Gasteiger partial charge on any atom is -0.457 e. The van der Waals surface area contributed by atoms with Gasteiger partial charge in [-0.05, 0) is 36.4 Å². The lowest BCUT2D eigenvalue weighted by Gasteiger charge is -2.35. The van der Waals surface area contributed by atoms with Crippen LogP contribution in [-0.4, -0.2) is 42.0 Å². The summed E-state index contributed by atoms with van der Waals surface area (Å²) in [5, 5.41) is 9.29. The second kappa shape index (κ2) is 8.44. The fourth-order valence-electron chi connectivity index (χ4n) is 3.38. The van der Waals surface area contributed by atoms with Crippen molar-refractivity contribution < 1.29 is 9.53 Å². The highest BCUT2D eigenvalue weighted by molar-refractivity contribution is 5.97. The Hall–Kier alpha value is -3.85. The number of nitrogens with zero attached hydrogens (tertiary/aromatic N) is 4. The van der Waals surface area contributed by atoms with Crippen LogP contribution in [0.1, 0.15) is 15.9 Å². The number of hydrogen-bond donors (Lipinski definition) is 0. The van der Waals surface area contributed by atoms with E-state index in [1.807, 2.05) is 53.4 Å². The number of carbonyl (C=O) groups is 1. The molecule has 1 fully saturated rings. The molecule has 1 saturated heterocycles. The molecule has 0 spiro atoms. The second-order valence-corrected chi connectivity index (χ2v) is 6.68. The average Bonchev–Trinajstić information content (AvgIpc) is 2.80. The molecular formula is C23H20N4O2. The van der Waals surface area contributed by atoms with Crippen molar-refractivity contribution in [2.45, 2.75) is 0 Å². The minimum atomic E-state index is -0.0577. The summed E-state index contributed by atoms with van der Waals surface area (Å²) in [6.45, 7) is 2.36. The monoisotopic (exact) mass is 384 g/mol. The van der Waals surface area contributed by atoms with E-state index in [0.717, 1.165) is 0 Å². The van der Waals surface area contributed by atoms with Crippen molar-refractivity contribution >= 4 is 11.7 Å². The normalized spacial score (nSPS) is 13.6. The van der Waals surface area contributed by atoms with Gasteiger partial charge in [-0.15, -0.1) is 0 Å². The molecule has 1 aliphatic heterocycles. The van der Waals surface area contributed by atoms with Crippen LogP contribution in [0.4, 0.5) is 5.82 Å². The summed E-state index contributed by atoms with van der Waals surface area (Å²) in [6, 6.07) is 22.4. The van der Waals surface area contributed by atoms with E-state index < -0.39 is 0 Å². The Bertz CT molecular complexity index is 1040. The van der Waals surface area contributed by atoms with Crippen molar-refractivity contribution in [3.05, 3.63) is 84.1 Å². The summed E-state index contributed by atoms with van der Waals surface area (Å²) in [5.74, 6) is 1.85. The molecule has 0 unspecified atom stereocenters. The first-order valence-electron chi connectivity index (χ1n) is 9.47. The summed E-state index contributed by atoms with van der Waals surface area (Å²) >= 11 is 0. The third kappa shape index (κ3) is 4.04. The van der Waals surface area contributed by atoms with Crippen molar-refractivity contribution in [3.8, 4) is 17.6 Å². The van der Waals surface area contributed by atoms with Gasteiger partial charge in [0.05, 0.1) is 11.1 Å². The number of anilines is 1. The number of carbonyl (C=O) groups excluding carboxylic acids is 1. The number of hydrogen-bond acceptors (Lipinski definition) is 5. The summed E-state index contributed by atoms with van der Waals surface area (Å²) in [5.41, 5.74) is 1.09. The molecule has 4 rings (SSSR count). The molecule has 1 aromatic heterocycles. The Balaban J connectivity index is 1.47. The number of pyridine rings is 1. The molecule has 1 aliphatic rings. The van der Waals surface area contributed by atoms with Crippen LogP contribution in [0.3, 0.4) is 0 Å². The molecule has 144 valence electrons. The Morgan fingerprint density at radius 3 is 2.41 bits per heavy atom. The Morgan fingerprint density at radius 2 is 1.66 bits per heavy atom. The highest BCUT2D eigenvalue weighted by Gasteiger charge is 2.26. The predicted molar refractivity (Wildman–Crippen MR) is 110 cm³/mol. The first-order valence-corrected chi connectivity index (χ1v) is 9.47. The summed E-state index contributed by atoms with van der Waals surface area (Å²) in [7, 11) is 0. The summed E-state index contributed by atoms with van der Waals surface area (Å²) in [4.78, 5) is 21.3. The maximum atomic E-state index is 13.1. The van der Waals surface area contributed by atoms with Crippen molar-refractivity contribution in [2.24, 2.45) is 0 Å². The van der Waals surface area contributed by atoms with Crippen LogP contribution >= 0.6 is 0 Å². The molecule has 1 amide bonds. The van der Waals surface area contributed by atoms with Crippen molar-refractivity contribution in [1.82, 2.24) is 9.88 Å². The van der Waals surface area contributed by atoms with Crippen LogP contribution < -0.4 is 9.64 Å². The van der Waals surface area contributed by atoms with Crippen LogP contribution in [0.15, 0.2) is 72.9 Å². The molecule has 0 radical (unpaired) electrons. The predicted octanol–water partition coefficient (Wildman–Crippen LogP) is 3.71. The number of piperazine rings is 1. The maximum Gasteiger partial charge on any atom is 0.257 e. The first kappa shape index (κ1) is 18.5. The lowest BCUT2D eigenvalue weighted by Crippen LogP contribution is -2.49. The number of amides is 1. The van der Waals surface area contributed by atoms with Crippen molar-refractivity contribution in [3.63, 3.8) is 0 Å². The molecule has 29 heavy (non-hydrogen) atoms. The van der Waals surface area contributed by atoms with Gasteiger partial charge in [-0.25, -0.2) is 4.98 Å². The van der Waals surface area contributed by atoms with E-state index in [1.54, 1.807) is 24.4 Å². The standard InChI is InChI=1S/C23H20N4O2/c24-17-18-7-6-12-25-22(18)26-13-15-27(16-14-26)23(28)20-10-4-5-11-21(20)29-19-8-2-1-3-9-19/h1-12H,13-16H2. The molecule has 0 saturated carbocycles. The number of nitriles is 1. The zero-order valence-corrected chi connectivity index (χ0v) is 15.9. The molecule has 0 atom stereocenters. The molecular weight excluding hydrogens is 364 g/mol. The van der Waals surface area contributed by atoms with E-state index in [-0.39, 0.29) is 5.91 Å². The van der Waals surface area contributed by atoms with Gasteiger partial charge >= 0.3 is 0 Å². The number of ether oxygens (including phenoxy) is 1. The van der Waals surface area contributed by atoms with Crippen molar-refractivity contribution in [1.29, 1.82) is 5.26 Å². The second-order valence-electron chi connectivity index (χ2n) is 6.68. The maximum absolute atomic E-state index is 13.1. The molecule has 6 heteroatoms. The van der Waals surface area contributed by atoms with E-state index in [9.17, 15) is 10.1 Å². The highest BCUT2D eigenvalue weighted by atomic mass is 16.5. The zero-order chi connectivity index (χ0) is 20.1. The minimum absolute atomic E-state index is 0.0577. The lowest BCUT2D eigenvalue weighted by atomic mass is 10.1. The van der Waals surface area contributed by atoms with Gasteiger partial charge in [0.2, 0.25) is 0 Å². The topological polar surface area (TPSA) is 69.5 Å². The number of aromatic nitrogens is 1. The van der Waals surface area contributed by atoms with Crippen LogP contribution in [0.25, 0.3) is 0 Å². The Morgan fingerprint density at radius 1 is 0.931 bits per heavy atom. The highest BCUT2D eigenvalue weighted by Crippen LogP contribution is 2.27. The quantitative estimate of drug-likeness (QED) is 0.686. The third-order valence-corrected chi connectivity index (χ3v) is 4.86. The molecule has 3 aromatic rings. The molecule has 0 N–H and O–H groups in total. The van der Waals surface area contributed by atoms with Gasteiger partial charge < -0.3 is 14.5 Å². The fourth-order valence-corrected chi connectivity index (χ4v) is 3.38. The number of benzene rings is 2. The Kier molecular flexibility index (Phi) is 5.39. The van der Waals surface area contributed by atoms with Crippen LogP contribution in [0.5, 0.6) is 11.5 Å².